The van der Waals surface area contributed by atoms with E-state index in [0.717, 1.165) is 29.4 Å². The van der Waals surface area contributed by atoms with Gasteiger partial charge in [0.2, 0.25) is 0 Å². The summed E-state index contributed by atoms with van der Waals surface area (Å²) in [6.07, 6.45) is 4.50. The van der Waals surface area contributed by atoms with E-state index in [1.54, 1.807) is 0 Å². The van der Waals surface area contributed by atoms with Crippen LogP contribution in [0.25, 0.3) is 0 Å². The summed E-state index contributed by atoms with van der Waals surface area (Å²) in [7, 11) is 0. The lowest BCUT2D eigenvalue weighted by Crippen LogP contribution is -2.35. The highest BCUT2D eigenvalue weighted by molar-refractivity contribution is 7.80. The number of hydrogen-bond donors (Lipinski definition) is 1. The second-order valence-corrected chi connectivity index (χ2v) is 5.82. The smallest absolute Gasteiger partial charge is 0.139 e. The maximum absolute atomic E-state index is 5.86. The molecule has 1 aliphatic carbocycles. The molecule has 18 heavy (non-hydrogen) atoms. The zero-order chi connectivity index (χ0) is 13.3. The lowest BCUT2D eigenvalue weighted by Gasteiger charge is -2.30. The molecule has 2 N–H and O–H groups in total. The summed E-state index contributed by atoms with van der Waals surface area (Å²) >= 11 is 5.18. The van der Waals surface area contributed by atoms with Gasteiger partial charge in [0.05, 0.1) is 5.56 Å². The molecule has 3 nitrogen and oxygen atoms in total. The number of nitrogens with two attached hydrogens (primary N) is 1. The van der Waals surface area contributed by atoms with E-state index < -0.39 is 0 Å². The molecule has 98 valence electrons. The number of aryl methyl sites for hydroxylation is 1. The van der Waals surface area contributed by atoms with Crippen LogP contribution in [0.5, 0.6) is 0 Å². The average Bonchev–Trinajstić information content (AvgIpc) is 3.08. The minimum atomic E-state index is 0.410. The molecule has 4 heteroatoms. The monoisotopic (exact) mass is 263 g/mol. The number of rotatable bonds is 5. The number of anilines is 1. The van der Waals surface area contributed by atoms with Crippen LogP contribution in [-0.2, 0) is 0 Å². The molecule has 0 bridgehead atoms. The molecule has 0 atom stereocenters. The normalized spacial score (nSPS) is 14.9. The first-order valence-corrected chi connectivity index (χ1v) is 6.93. The minimum absolute atomic E-state index is 0.410. The highest BCUT2D eigenvalue weighted by atomic mass is 32.1. The number of aromatic nitrogens is 1. The van der Waals surface area contributed by atoms with E-state index in [4.69, 9.17) is 18.0 Å². The van der Waals surface area contributed by atoms with Crippen LogP contribution in [0, 0.1) is 12.8 Å². The number of pyridine rings is 1. The predicted molar refractivity (Wildman–Crippen MR) is 80.1 cm³/mol. The van der Waals surface area contributed by atoms with Gasteiger partial charge in [0.15, 0.2) is 0 Å². The molecule has 0 aromatic carbocycles. The Kier molecular flexibility index (Phi) is 3.85. The fourth-order valence-electron chi connectivity index (χ4n) is 2.19. The van der Waals surface area contributed by atoms with Crippen LogP contribution in [0.15, 0.2) is 12.3 Å². The second-order valence-electron chi connectivity index (χ2n) is 5.38. The van der Waals surface area contributed by atoms with Gasteiger partial charge in [0.25, 0.3) is 0 Å². The third kappa shape index (κ3) is 2.80. The molecule has 1 fully saturated rings. The van der Waals surface area contributed by atoms with Crippen LogP contribution in [-0.4, -0.2) is 22.6 Å². The summed E-state index contributed by atoms with van der Waals surface area (Å²) in [6, 6.07) is 2.38. The van der Waals surface area contributed by atoms with E-state index in [-0.39, 0.29) is 0 Å². The zero-order valence-electron chi connectivity index (χ0n) is 11.3. The summed E-state index contributed by atoms with van der Waals surface area (Å²) in [5.41, 5.74) is 7.90. The van der Waals surface area contributed by atoms with E-state index in [1.165, 1.54) is 12.8 Å². The molecule has 1 heterocycles. The molecule has 0 saturated heterocycles. The van der Waals surface area contributed by atoms with E-state index in [9.17, 15) is 0 Å². The van der Waals surface area contributed by atoms with Crippen LogP contribution in [0.1, 0.15) is 37.8 Å². The first-order chi connectivity index (χ1) is 8.50. The van der Waals surface area contributed by atoms with Crippen molar-refractivity contribution < 1.29 is 0 Å². The van der Waals surface area contributed by atoms with Gasteiger partial charge in [0.1, 0.15) is 10.8 Å². The van der Waals surface area contributed by atoms with Gasteiger partial charge in [-0.15, -0.1) is 0 Å². The summed E-state index contributed by atoms with van der Waals surface area (Å²) in [5, 5.41) is 0. The first kappa shape index (κ1) is 13.3. The Balaban J connectivity index is 2.39. The van der Waals surface area contributed by atoms with Crippen LogP contribution in [0.2, 0.25) is 0 Å². The Morgan fingerprint density at radius 3 is 2.72 bits per heavy atom. The largest absolute Gasteiger partial charge is 0.389 e. The molecule has 1 aromatic rings. The van der Waals surface area contributed by atoms with Crippen molar-refractivity contribution in [3.05, 3.63) is 23.4 Å². The van der Waals surface area contributed by atoms with Crippen molar-refractivity contribution >= 4 is 23.0 Å². The molecule has 0 aliphatic heterocycles. The summed E-state index contributed by atoms with van der Waals surface area (Å²) in [4.78, 5) is 7.30. The first-order valence-electron chi connectivity index (χ1n) is 6.52. The van der Waals surface area contributed by atoms with Gasteiger partial charge in [-0.1, -0.05) is 12.2 Å². The Morgan fingerprint density at radius 2 is 2.22 bits per heavy atom. The number of nitrogens with zero attached hydrogens (tertiary/aromatic N) is 2. The maximum Gasteiger partial charge on any atom is 0.139 e. The average molecular weight is 263 g/mol. The van der Waals surface area contributed by atoms with Gasteiger partial charge in [0, 0.05) is 18.8 Å². The van der Waals surface area contributed by atoms with Gasteiger partial charge < -0.3 is 10.6 Å². The van der Waals surface area contributed by atoms with Crippen molar-refractivity contribution in [1.82, 2.24) is 4.98 Å². The zero-order valence-corrected chi connectivity index (χ0v) is 12.1. The second kappa shape index (κ2) is 5.22. The van der Waals surface area contributed by atoms with Crippen LogP contribution >= 0.6 is 12.2 Å². The predicted octanol–water partition coefficient (Wildman–Crippen LogP) is 2.65. The van der Waals surface area contributed by atoms with Crippen LogP contribution in [0.3, 0.4) is 0 Å². The highest BCUT2D eigenvalue weighted by Crippen LogP contribution is 2.33. The fraction of sp³-hybridized carbons (Fsp3) is 0.571. The molecule has 1 aromatic heterocycles. The summed E-state index contributed by atoms with van der Waals surface area (Å²) in [5.74, 6) is 1.76. The van der Waals surface area contributed by atoms with Crippen molar-refractivity contribution in [2.75, 3.05) is 11.4 Å². The Morgan fingerprint density at radius 1 is 1.56 bits per heavy atom. The van der Waals surface area contributed by atoms with Gasteiger partial charge in [-0.25, -0.2) is 4.98 Å². The standard InChI is InChI=1S/C14H21N3S/c1-9(2)17(8-11-4-5-11)14-12(13(15)18)10(3)6-7-16-14/h6-7,9,11H,4-5,8H2,1-3H3,(H2,15,18). The third-order valence-electron chi connectivity index (χ3n) is 3.43. The van der Waals surface area contributed by atoms with E-state index in [2.05, 4.69) is 23.7 Å². The maximum atomic E-state index is 5.86. The van der Waals surface area contributed by atoms with Crippen molar-refractivity contribution in [1.29, 1.82) is 0 Å². The lowest BCUT2D eigenvalue weighted by molar-refractivity contribution is 0.636. The third-order valence-corrected chi connectivity index (χ3v) is 3.64. The molecule has 0 unspecified atom stereocenters. The van der Waals surface area contributed by atoms with E-state index in [1.807, 2.05) is 19.2 Å². The van der Waals surface area contributed by atoms with Gasteiger partial charge in [-0.2, -0.15) is 0 Å². The summed E-state index contributed by atoms with van der Waals surface area (Å²) in [6.45, 7) is 7.48. The van der Waals surface area contributed by atoms with Crippen molar-refractivity contribution in [2.24, 2.45) is 11.7 Å². The van der Waals surface area contributed by atoms with Crippen molar-refractivity contribution in [3.63, 3.8) is 0 Å². The van der Waals surface area contributed by atoms with Crippen LogP contribution < -0.4 is 10.6 Å². The van der Waals surface area contributed by atoms with Gasteiger partial charge in [-0.3, -0.25) is 0 Å². The fourth-order valence-corrected chi connectivity index (χ4v) is 2.44. The molecule has 0 amide bonds. The minimum Gasteiger partial charge on any atom is -0.389 e. The lowest BCUT2D eigenvalue weighted by atomic mass is 10.1. The molecule has 1 aliphatic rings. The SMILES string of the molecule is Cc1ccnc(N(CC2CC2)C(C)C)c1C(N)=S. The van der Waals surface area contributed by atoms with Crippen molar-refractivity contribution in [2.45, 2.75) is 39.7 Å². The van der Waals surface area contributed by atoms with Crippen LogP contribution in [0.4, 0.5) is 5.82 Å². The van der Waals surface area contributed by atoms with Gasteiger partial charge >= 0.3 is 0 Å². The Labute approximate surface area is 114 Å². The molecule has 2 rings (SSSR count). The highest BCUT2D eigenvalue weighted by Gasteiger charge is 2.28. The Hall–Kier alpha value is -1.16. The quantitative estimate of drug-likeness (QED) is 0.829. The topological polar surface area (TPSA) is 42.2 Å². The number of thiocarbonyl (C=S) groups is 1. The number of hydrogen-bond acceptors (Lipinski definition) is 3. The molecule has 1 saturated carbocycles. The summed E-state index contributed by atoms with van der Waals surface area (Å²) < 4.78 is 0. The molecule has 0 spiro atoms. The van der Waals surface area contributed by atoms with E-state index >= 15 is 0 Å². The molecular weight excluding hydrogens is 242 g/mol. The molecular formula is C14H21N3S. The van der Waals surface area contributed by atoms with E-state index in [0.29, 0.717) is 11.0 Å². The van der Waals surface area contributed by atoms with Gasteiger partial charge in [-0.05, 0) is 51.2 Å². The molecule has 0 radical (unpaired) electrons. The Bertz CT molecular complexity index is 452. The van der Waals surface area contributed by atoms with Crippen molar-refractivity contribution in [3.8, 4) is 0 Å².